The second-order valence-corrected chi connectivity index (χ2v) is 4.23. The summed E-state index contributed by atoms with van der Waals surface area (Å²) in [5.41, 5.74) is -3.40. The van der Waals surface area contributed by atoms with Crippen molar-refractivity contribution in [2.24, 2.45) is 0 Å². The number of nitrogens with one attached hydrogen (secondary N) is 1. The topological polar surface area (TPSA) is 37.8 Å². The SMILES string of the molecule is FC(F)(F)SNc1nc2ccccc2nc1Cl. The van der Waals surface area contributed by atoms with Crippen molar-refractivity contribution in [1.82, 2.24) is 9.97 Å². The van der Waals surface area contributed by atoms with Crippen molar-refractivity contribution >= 4 is 40.4 Å². The molecule has 0 bridgehead atoms. The molecule has 2 aromatic rings. The Morgan fingerprint density at radius 1 is 1.12 bits per heavy atom. The molecule has 1 aromatic carbocycles. The summed E-state index contributed by atoms with van der Waals surface area (Å²) in [6, 6.07) is 6.77. The summed E-state index contributed by atoms with van der Waals surface area (Å²) in [6.07, 6.45) is 0. The highest BCUT2D eigenvalue weighted by molar-refractivity contribution is 8.01. The molecular weight excluding hydrogens is 275 g/mol. The molecule has 0 amide bonds. The van der Waals surface area contributed by atoms with Crippen molar-refractivity contribution in [3.05, 3.63) is 29.4 Å². The molecule has 1 aromatic heterocycles. The lowest BCUT2D eigenvalue weighted by molar-refractivity contribution is -0.0323. The van der Waals surface area contributed by atoms with Crippen molar-refractivity contribution in [3.8, 4) is 0 Å². The molecule has 0 aliphatic carbocycles. The molecule has 1 N–H and O–H groups in total. The number of nitrogens with zero attached hydrogens (tertiary/aromatic N) is 2. The maximum absolute atomic E-state index is 12.0. The van der Waals surface area contributed by atoms with Crippen molar-refractivity contribution in [3.63, 3.8) is 0 Å². The summed E-state index contributed by atoms with van der Waals surface area (Å²) in [4.78, 5) is 7.89. The van der Waals surface area contributed by atoms with Crippen LogP contribution in [-0.2, 0) is 0 Å². The minimum absolute atomic E-state index is 0.0968. The fraction of sp³-hybridized carbons (Fsp3) is 0.111. The summed E-state index contributed by atoms with van der Waals surface area (Å²) < 4.78 is 38.0. The van der Waals surface area contributed by atoms with Gasteiger partial charge in [-0.3, -0.25) is 0 Å². The standard InChI is InChI=1S/C9H5ClF3N3S/c10-7-8(16-17-9(11,12)13)15-6-4-2-1-3-5(6)14-7/h1-4H,(H,15,16). The van der Waals surface area contributed by atoms with E-state index in [9.17, 15) is 13.2 Å². The van der Waals surface area contributed by atoms with Crippen molar-refractivity contribution < 1.29 is 13.2 Å². The van der Waals surface area contributed by atoms with Gasteiger partial charge >= 0.3 is 5.51 Å². The molecule has 0 unspecified atom stereocenters. The summed E-state index contributed by atoms with van der Waals surface area (Å²) >= 11 is 5.29. The van der Waals surface area contributed by atoms with Crippen LogP contribution < -0.4 is 4.72 Å². The maximum atomic E-state index is 12.0. The summed E-state index contributed by atoms with van der Waals surface area (Å²) in [5, 5.41) is -0.0968. The lowest BCUT2D eigenvalue weighted by Gasteiger charge is -2.08. The van der Waals surface area contributed by atoms with Crippen LogP contribution >= 0.6 is 23.5 Å². The average Bonchev–Trinajstić information content (AvgIpc) is 2.25. The molecule has 3 nitrogen and oxygen atoms in total. The molecule has 17 heavy (non-hydrogen) atoms. The number of rotatable bonds is 2. The third-order valence-electron chi connectivity index (χ3n) is 1.79. The first-order chi connectivity index (χ1) is 7.96. The molecular formula is C9H5ClF3N3S. The Labute approximate surface area is 104 Å². The summed E-state index contributed by atoms with van der Waals surface area (Å²) in [5.74, 6) is -0.104. The Morgan fingerprint density at radius 2 is 1.71 bits per heavy atom. The van der Waals surface area contributed by atoms with E-state index in [1.807, 2.05) is 4.72 Å². The van der Waals surface area contributed by atoms with E-state index in [-0.39, 0.29) is 11.0 Å². The lowest BCUT2D eigenvalue weighted by Crippen LogP contribution is -2.06. The first-order valence-corrected chi connectivity index (χ1v) is 5.58. The van der Waals surface area contributed by atoms with E-state index in [4.69, 9.17) is 11.6 Å². The van der Waals surface area contributed by atoms with Crippen LogP contribution in [0.4, 0.5) is 19.0 Å². The smallest absolute Gasteiger partial charge is 0.305 e. The fourth-order valence-electron chi connectivity index (χ4n) is 1.15. The van der Waals surface area contributed by atoms with Gasteiger partial charge in [-0.25, -0.2) is 9.97 Å². The molecule has 0 spiro atoms. The van der Waals surface area contributed by atoms with Crippen LogP contribution in [0.25, 0.3) is 11.0 Å². The number of fused-ring (bicyclic) bond motifs is 1. The van der Waals surface area contributed by atoms with Gasteiger partial charge in [0.2, 0.25) is 0 Å². The van der Waals surface area contributed by atoms with Gasteiger partial charge in [0.15, 0.2) is 11.0 Å². The summed E-state index contributed by atoms with van der Waals surface area (Å²) in [7, 11) is 0. The number of hydrogen-bond donors (Lipinski definition) is 1. The highest BCUT2D eigenvalue weighted by atomic mass is 35.5. The zero-order chi connectivity index (χ0) is 12.5. The Hall–Kier alpha value is -1.21. The number of halogens is 4. The first-order valence-electron chi connectivity index (χ1n) is 4.39. The maximum Gasteiger partial charge on any atom is 0.461 e. The quantitative estimate of drug-likeness (QED) is 0.847. The van der Waals surface area contributed by atoms with Crippen LogP contribution in [0.5, 0.6) is 0 Å². The molecule has 0 aliphatic rings. The Kier molecular flexibility index (Phi) is 3.30. The van der Waals surface area contributed by atoms with Gasteiger partial charge in [-0.2, -0.15) is 13.2 Å². The van der Waals surface area contributed by atoms with Gasteiger partial charge < -0.3 is 4.72 Å². The van der Waals surface area contributed by atoms with Gasteiger partial charge in [-0.1, -0.05) is 23.7 Å². The summed E-state index contributed by atoms with van der Waals surface area (Å²) in [6.45, 7) is 0. The van der Waals surface area contributed by atoms with Crippen LogP contribution in [0.3, 0.4) is 0 Å². The van der Waals surface area contributed by atoms with Crippen molar-refractivity contribution in [2.75, 3.05) is 4.72 Å². The number of benzene rings is 1. The van der Waals surface area contributed by atoms with Gasteiger partial charge in [-0.05, 0) is 12.1 Å². The van der Waals surface area contributed by atoms with E-state index >= 15 is 0 Å². The number of para-hydroxylation sites is 2. The minimum Gasteiger partial charge on any atom is -0.305 e. The van der Waals surface area contributed by atoms with E-state index in [0.717, 1.165) is 0 Å². The number of hydrogen-bond acceptors (Lipinski definition) is 4. The van der Waals surface area contributed by atoms with Crippen LogP contribution in [-0.4, -0.2) is 15.5 Å². The molecule has 8 heteroatoms. The molecule has 0 fully saturated rings. The van der Waals surface area contributed by atoms with Crippen LogP contribution in [0.2, 0.25) is 5.15 Å². The molecule has 0 atom stereocenters. The van der Waals surface area contributed by atoms with Gasteiger partial charge in [0.1, 0.15) is 0 Å². The predicted octanol–water partition coefficient (Wildman–Crippen LogP) is 3.86. The van der Waals surface area contributed by atoms with Crippen molar-refractivity contribution in [1.29, 1.82) is 0 Å². The van der Waals surface area contributed by atoms with Crippen molar-refractivity contribution in [2.45, 2.75) is 5.51 Å². The van der Waals surface area contributed by atoms with Gasteiger partial charge in [-0.15, -0.1) is 0 Å². The van der Waals surface area contributed by atoms with E-state index < -0.39 is 17.5 Å². The van der Waals surface area contributed by atoms with Crippen LogP contribution in [0, 0.1) is 0 Å². The molecule has 0 saturated carbocycles. The zero-order valence-corrected chi connectivity index (χ0v) is 9.70. The largest absolute Gasteiger partial charge is 0.461 e. The number of aromatic nitrogens is 2. The minimum atomic E-state index is -4.41. The van der Waals surface area contributed by atoms with Crippen LogP contribution in [0.1, 0.15) is 0 Å². The molecule has 0 saturated heterocycles. The zero-order valence-electron chi connectivity index (χ0n) is 8.12. The first kappa shape index (κ1) is 12.3. The average molecular weight is 280 g/mol. The predicted molar refractivity (Wildman–Crippen MR) is 61.8 cm³/mol. The third kappa shape index (κ3) is 3.13. The van der Waals surface area contributed by atoms with E-state index in [0.29, 0.717) is 11.0 Å². The highest BCUT2D eigenvalue weighted by Crippen LogP contribution is 2.32. The monoisotopic (exact) mass is 279 g/mol. The molecule has 0 radical (unpaired) electrons. The molecule has 2 rings (SSSR count). The van der Waals surface area contributed by atoms with E-state index in [1.54, 1.807) is 24.3 Å². The molecule has 90 valence electrons. The van der Waals surface area contributed by atoms with E-state index in [2.05, 4.69) is 9.97 Å². The van der Waals surface area contributed by atoms with Crippen LogP contribution in [0.15, 0.2) is 24.3 Å². The fourth-order valence-corrected chi connectivity index (χ4v) is 1.74. The second-order valence-electron chi connectivity index (χ2n) is 3.00. The molecule has 0 aliphatic heterocycles. The third-order valence-corrected chi connectivity index (χ3v) is 2.58. The Bertz CT molecular complexity index is 546. The van der Waals surface area contributed by atoms with Gasteiger partial charge in [0, 0.05) is 0 Å². The van der Waals surface area contributed by atoms with Gasteiger partial charge in [0.05, 0.1) is 23.0 Å². The second kappa shape index (κ2) is 4.58. The normalized spacial score (nSPS) is 11.8. The molecule has 1 heterocycles. The Balaban J connectivity index is 2.31. The number of anilines is 1. The Morgan fingerprint density at radius 3 is 2.29 bits per heavy atom. The highest BCUT2D eigenvalue weighted by Gasteiger charge is 2.29. The number of alkyl halides is 3. The van der Waals surface area contributed by atoms with Gasteiger partial charge in [0.25, 0.3) is 0 Å². The van der Waals surface area contributed by atoms with E-state index in [1.165, 1.54) is 0 Å². The lowest BCUT2D eigenvalue weighted by atomic mass is 10.3.